The van der Waals surface area contributed by atoms with Crippen LogP contribution in [0, 0.1) is 0 Å². The van der Waals surface area contributed by atoms with Crippen LogP contribution in [-0.4, -0.2) is 18.4 Å². The third kappa shape index (κ3) is 6.07. The molecule has 0 aliphatic heterocycles. The third-order valence-corrected chi connectivity index (χ3v) is 3.26. The van der Waals surface area contributed by atoms with Crippen LogP contribution in [0.3, 0.4) is 0 Å². The van der Waals surface area contributed by atoms with Crippen molar-refractivity contribution in [3.8, 4) is 0 Å². The number of amides is 2. The number of rotatable bonds is 6. The number of halogens is 2. The van der Waals surface area contributed by atoms with E-state index >= 15 is 0 Å². The average Bonchev–Trinajstić information content (AvgIpc) is 2.35. The largest absolute Gasteiger partial charge is 0.350 e. The molecule has 0 aliphatic rings. The van der Waals surface area contributed by atoms with Gasteiger partial charge in [0, 0.05) is 22.5 Å². The molecule has 2 amide bonds. The summed E-state index contributed by atoms with van der Waals surface area (Å²) >= 11 is 9.34. The number of nitrogens with one attached hydrogen (secondary N) is 2. The topological polar surface area (TPSA) is 58.2 Å². The van der Waals surface area contributed by atoms with Gasteiger partial charge in [0.1, 0.15) is 0 Å². The predicted octanol–water partition coefficient (Wildman–Crippen LogP) is 2.64. The maximum Gasteiger partial charge on any atom is 0.239 e. The van der Waals surface area contributed by atoms with Gasteiger partial charge in [-0.1, -0.05) is 40.5 Å². The number of carbonyl (C=O) groups excluding carboxylic acids is 2. The highest BCUT2D eigenvalue weighted by Gasteiger charge is 2.06. The van der Waals surface area contributed by atoms with Crippen molar-refractivity contribution < 1.29 is 9.59 Å². The fraction of sp³-hybridized carbons (Fsp3) is 0.385. The first-order valence-corrected chi connectivity index (χ1v) is 7.17. The van der Waals surface area contributed by atoms with Crippen molar-refractivity contribution in [2.24, 2.45) is 0 Å². The first-order chi connectivity index (χ1) is 9.02. The minimum Gasteiger partial charge on any atom is -0.350 e. The quantitative estimate of drug-likeness (QED) is 0.831. The number of hydrogen-bond acceptors (Lipinski definition) is 2. The molecule has 0 saturated carbocycles. The Kier molecular flexibility index (Phi) is 6.87. The van der Waals surface area contributed by atoms with E-state index in [0.717, 1.165) is 16.5 Å². The van der Waals surface area contributed by atoms with E-state index in [2.05, 4.69) is 26.6 Å². The summed E-state index contributed by atoms with van der Waals surface area (Å²) in [4.78, 5) is 22.7. The van der Waals surface area contributed by atoms with Crippen LogP contribution in [0.15, 0.2) is 22.7 Å². The fourth-order valence-corrected chi connectivity index (χ4v) is 2.16. The van der Waals surface area contributed by atoms with Gasteiger partial charge in [-0.05, 0) is 24.1 Å². The van der Waals surface area contributed by atoms with E-state index in [9.17, 15) is 9.59 Å². The maximum atomic E-state index is 11.5. The summed E-state index contributed by atoms with van der Waals surface area (Å²) in [6.07, 6.45) is 1.20. The Morgan fingerprint density at radius 3 is 2.63 bits per heavy atom. The van der Waals surface area contributed by atoms with Crippen molar-refractivity contribution in [3.63, 3.8) is 0 Å². The van der Waals surface area contributed by atoms with E-state index in [-0.39, 0.29) is 18.4 Å². The minimum absolute atomic E-state index is 0.00696. The molecule has 1 aromatic rings. The first-order valence-electron chi connectivity index (χ1n) is 6.00. The van der Waals surface area contributed by atoms with E-state index in [1.807, 2.05) is 19.1 Å². The average molecular weight is 348 g/mol. The zero-order valence-corrected chi connectivity index (χ0v) is 13.0. The van der Waals surface area contributed by atoms with Crippen LogP contribution in [0.25, 0.3) is 0 Å². The van der Waals surface area contributed by atoms with Crippen LogP contribution >= 0.6 is 27.5 Å². The number of hydrogen-bond donors (Lipinski definition) is 2. The Morgan fingerprint density at radius 2 is 2.00 bits per heavy atom. The van der Waals surface area contributed by atoms with Gasteiger partial charge >= 0.3 is 0 Å². The second kappa shape index (κ2) is 8.17. The first kappa shape index (κ1) is 16.0. The molecule has 4 nitrogen and oxygen atoms in total. The lowest BCUT2D eigenvalue weighted by atomic mass is 10.2. The summed E-state index contributed by atoms with van der Waals surface area (Å²) in [6, 6.07) is 5.46. The SMILES string of the molecule is CCCC(=O)NCC(=O)NCc1ccc(Br)cc1Cl. The van der Waals surface area contributed by atoms with Gasteiger partial charge in [0.15, 0.2) is 0 Å². The van der Waals surface area contributed by atoms with Crippen molar-refractivity contribution in [1.82, 2.24) is 10.6 Å². The van der Waals surface area contributed by atoms with E-state index in [0.29, 0.717) is 18.0 Å². The summed E-state index contributed by atoms with van der Waals surface area (Å²) in [5.74, 6) is -0.345. The third-order valence-electron chi connectivity index (χ3n) is 2.41. The van der Waals surface area contributed by atoms with Gasteiger partial charge in [0.25, 0.3) is 0 Å². The zero-order valence-electron chi connectivity index (χ0n) is 10.6. The summed E-state index contributed by atoms with van der Waals surface area (Å²) in [5, 5.41) is 5.84. The Morgan fingerprint density at radius 1 is 1.26 bits per heavy atom. The molecule has 0 fully saturated rings. The molecule has 104 valence electrons. The molecule has 19 heavy (non-hydrogen) atoms. The Balaban J connectivity index is 2.36. The van der Waals surface area contributed by atoms with Gasteiger partial charge in [-0.15, -0.1) is 0 Å². The van der Waals surface area contributed by atoms with Crippen molar-refractivity contribution in [2.45, 2.75) is 26.3 Å². The lowest BCUT2D eigenvalue weighted by Crippen LogP contribution is -2.36. The summed E-state index contributed by atoms with van der Waals surface area (Å²) in [6.45, 7) is 2.25. The molecule has 2 N–H and O–H groups in total. The van der Waals surface area contributed by atoms with Crippen molar-refractivity contribution in [2.75, 3.05) is 6.54 Å². The van der Waals surface area contributed by atoms with Crippen LogP contribution in [0.4, 0.5) is 0 Å². The molecule has 0 atom stereocenters. The molecular formula is C13H16BrClN2O2. The lowest BCUT2D eigenvalue weighted by molar-refractivity contribution is -0.126. The van der Waals surface area contributed by atoms with Gasteiger partial charge in [-0.25, -0.2) is 0 Å². The van der Waals surface area contributed by atoms with Crippen molar-refractivity contribution in [1.29, 1.82) is 0 Å². The highest BCUT2D eigenvalue weighted by molar-refractivity contribution is 9.10. The van der Waals surface area contributed by atoms with Gasteiger partial charge in [-0.3, -0.25) is 9.59 Å². The van der Waals surface area contributed by atoms with Gasteiger partial charge in [0.05, 0.1) is 6.54 Å². The molecule has 0 spiro atoms. The Hall–Kier alpha value is -1.07. The van der Waals surface area contributed by atoms with Crippen LogP contribution in [0.5, 0.6) is 0 Å². The predicted molar refractivity (Wildman–Crippen MR) is 78.9 cm³/mol. The molecule has 1 aromatic carbocycles. The van der Waals surface area contributed by atoms with Crippen LogP contribution in [0.1, 0.15) is 25.3 Å². The van der Waals surface area contributed by atoms with Crippen LogP contribution in [-0.2, 0) is 16.1 Å². The van der Waals surface area contributed by atoms with E-state index < -0.39 is 0 Å². The fourth-order valence-electron chi connectivity index (χ4n) is 1.42. The molecule has 0 heterocycles. The molecule has 6 heteroatoms. The summed E-state index contributed by atoms with van der Waals surface area (Å²) in [7, 11) is 0. The molecule has 0 bridgehead atoms. The lowest BCUT2D eigenvalue weighted by Gasteiger charge is -2.08. The second-order valence-corrected chi connectivity index (χ2v) is 5.36. The van der Waals surface area contributed by atoms with Crippen molar-refractivity contribution >= 4 is 39.3 Å². The van der Waals surface area contributed by atoms with E-state index in [1.54, 1.807) is 6.07 Å². The highest BCUT2D eigenvalue weighted by atomic mass is 79.9. The highest BCUT2D eigenvalue weighted by Crippen LogP contribution is 2.20. The standard InChI is InChI=1S/C13H16BrClN2O2/c1-2-3-12(18)17-8-13(19)16-7-9-4-5-10(14)6-11(9)15/h4-6H,2-3,7-8H2,1H3,(H,16,19)(H,17,18). The molecule has 0 saturated heterocycles. The zero-order chi connectivity index (χ0) is 14.3. The van der Waals surface area contributed by atoms with E-state index in [4.69, 9.17) is 11.6 Å². The maximum absolute atomic E-state index is 11.5. The molecular weight excluding hydrogens is 332 g/mol. The van der Waals surface area contributed by atoms with Gasteiger partial charge < -0.3 is 10.6 Å². The molecule has 1 rings (SSSR count). The molecule has 0 aromatic heterocycles. The second-order valence-electron chi connectivity index (χ2n) is 4.04. The Bertz CT molecular complexity index is 466. The van der Waals surface area contributed by atoms with Crippen molar-refractivity contribution in [3.05, 3.63) is 33.3 Å². The number of carbonyl (C=O) groups is 2. The summed E-state index contributed by atoms with van der Waals surface area (Å²) < 4.78 is 0.888. The number of benzene rings is 1. The minimum atomic E-state index is -0.233. The molecule has 0 radical (unpaired) electrons. The van der Waals surface area contributed by atoms with Gasteiger partial charge in [0.2, 0.25) is 11.8 Å². The summed E-state index contributed by atoms with van der Waals surface area (Å²) in [5.41, 5.74) is 0.832. The smallest absolute Gasteiger partial charge is 0.239 e. The van der Waals surface area contributed by atoms with E-state index in [1.165, 1.54) is 0 Å². The van der Waals surface area contributed by atoms with Crippen LogP contribution in [0.2, 0.25) is 5.02 Å². The molecule has 0 unspecified atom stereocenters. The Labute approximate surface area is 126 Å². The normalized spacial score (nSPS) is 10.1. The van der Waals surface area contributed by atoms with Crippen LogP contribution < -0.4 is 10.6 Å². The monoisotopic (exact) mass is 346 g/mol. The molecule has 0 aliphatic carbocycles. The van der Waals surface area contributed by atoms with Gasteiger partial charge in [-0.2, -0.15) is 0 Å².